The molecule has 4 fully saturated rings. The summed E-state index contributed by atoms with van der Waals surface area (Å²) >= 11 is 6.35. The predicted molar refractivity (Wildman–Crippen MR) is 146 cm³/mol. The molecule has 4 aromatic carbocycles. The van der Waals surface area contributed by atoms with Crippen LogP contribution in [0, 0.1) is 23.7 Å². The molecule has 172 valence electrons. The molecule has 0 aliphatic heterocycles. The van der Waals surface area contributed by atoms with E-state index in [0.29, 0.717) is 0 Å². The maximum absolute atomic E-state index is 6.35. The van der Waals surface area contributed by atoms with E-state index >= 15 is 0 Å². The van der Waals surface area contributed by atoms with Crippen LogP contribution in [0.25, 0.3) is 33.4 Å². The Hall–Kier alpha value is -2.83. The van der Waals surface area contributed by atoms with Crippen molar-refractivity contribution in [2.75, 3.05) is 0 Å². The first-order valence-electron chi connectivity index (χ1n) is 13.3. The fourth-order valence-corrected chi connectivity index (χ4v) is 9.18. The highest BCUT2D eigenvalue weighted by Gasteiger charge is 2.62. The molecule has 0 unspecified atom stereocenters. The first-order chi connectivity index (χ1) is 17.2. The predicted octanol–water partition coefficient (Wildman–Crippen LogP) is 9.40. The molecule has 0 heterocycles. The maximum Gasteiger partial charge on any atom is 0.0412 e. The van der Waals surface area contributed by atoms with Gasteiger partial charge in [0.2, 0.25) is 0 Å². The zero-order chi connectivity index (χ0) is 23.1. The van der Waals surface area contributed by atoms with Crippen molar-refractivity contribution in [3.63, 3.8) is 0 Å². The van der Waals surface area contributed by atoms with E-state index < -0.39 is 0 Å². The Bertz CT molecular complexity index is 1450. The Labute approximate surface area is 213 Å². The number of hydrogen-bond donors (Lipinski definition) is 0. The molecular weight excluding hydrogens is 444 g/mol. The SMILES string of the molecule is Clc1cccc(-c2cccc(-c3cccc4c3C3(c5ccccc5-4)C4CC5CC(C4)CC3C5)c2)c1. The highest BCUT2D eigenvalue weighted by Crippen LogP contribution is 2.70. The number of halogens is 1. The van der Waals surface area contributed by atoms with E-state index in [1.807, 2.05) is 12.1 Å². The minimum atomic E-state index is 0.183. The van der Waals surface area contributed by atoms with Gasteiger partial charge in [-0.2, -0.15) is 0 Å². The van der Waals surface area contributed by atoms with Crippen LogP contribution in [-0.4, -0.2) is 0 Å². The van der Waals surface area contributed by atoms with Crippen LogP contribution in [-0.2, 0) is 5.41 Å². The summed E-state index contributed by atoms with van der Waals surface area (Å²) in [5.41, 5.74) is 11.6. The van der Waals surface area contributed by atoms with Crippen LogP contribution in [0.1, 0.15) is 43.2 Å². The van der Waals surface area contributed by atoms with Gasteiger partial charge in [0.1, 0.15) is 0 Å². The Balaban J connectivity index is 1.37. The molecule has 0 atom stereocenters. The normalized spacial score (nSPS) is 29.4. The molecule has 0 amide bonds. The molecule has 4 bridgehead atoms. The number of fused-ring (bicyclic) bond motifs is 3. The van der Waals surface area contributed by atoms with Crippen molar-refractivity contribution in [2.24, 2.45) is 23.7 Å². The Morgan fingerprint density at radius 3 is 1.91 bits per heavy atom. The first-order valence-corrected chi connectivity index (χ1v) is 13.7. The van der Waals surface area contributed by atoms with Gasteiger partial charge in [0, 0.05) is 10.4 Å². The van der Waals surface area contributed by atoms with E-state index in [4.69, 9.17) is 11.6 Å². The standard InChI is InChI=1S/C34H29Cl/c35-28-9-4-7-24(20-28)23-6-3-8-25(19-23)29-11-5-12-31-30-10-1-2-13-32(30)34(33(29)31)26-15-21-14-22(17-26)18-27(34)16-21/h1-13,19-22,26-27H,14-18H2. The van der Waals surface area contributed by atoms with Crippen molar-refractivity contribution in [1.82, 2.24) is 0 Å². The summed E-state index contributed by atoms with van der Waals surface area (Å²) in [6.45, 7) is 0. The van der Waals surface area contributed by atoms with Crippen molar-refractivity contribution in [3.05, 3.63) is 107 Å². The van der Waals surface area contributed by atoms with E-state index in [9.17, 15) is 0 Å². The molecule has 0 radical (unpaired) electrons. The summed E-state index contributed by atoms with van der Waals surface area (Å²) in [6.07, 6.45) is 7.14. The van der Waals surface area contributed by atoms with Crippen LogP contribution in [0.5, 0.6) is 0 Å². The summed E-state index contributed by atoms with van der Waals surface area (Å²) in [5.74, 6) is 3.46. The van der Waals surface area contributed by atoms with Gasteiger partial charge in [-0.05, 0) is 118 Å². The lowest BCUT2D eigenvalue weighted by atomic mass is 9.42. The zero-order valence-corrected chi connectivity index (χ0v) is 20.6. The molecule has 35 heavy (non-hydrogen) atoms. The van der Waals surface area contributed by atoms with Gasteiger partial charge in [-0.25, -0.2) is 0 Å². The molecule has 4 aromatic rings. The molecular formula is C34H29Cl. The summed E-state index contributed by atoms with van der Waals surface area (Å²) < 4.78 is 0. The quantitative estimate of drug-likeness (QED) is 0.272. The van der Waals surface area contributed by atoms with Gasteiger partial charge in [-0.1, -0.05) is 84.4 Å². The molecule has 5 aliphatic carbocycles. The van der Waals surface area contributed by atoms with Crippen molar-refractivity contribution in [3.8, 4) is 33.4 Å². The van der Waals surface area contributed by atoms with Crippen LogP contribution in [0.4, 0.5) is 0 Å². The van der Waals surface area contributed by atoms with E-state index in [1.54, 1.807) is 11.1 Å². The third kappa shape index (κ3) is 2.75. The minimum absolute atomic E-state index is 0.183. The summed E-state index contributed by atoms with van der Waals surface area (Å²) in [7, 11) is 0. The van der Waals surface area contributed by atoms with Gasteiger partial charge < -0.3 is 0 Å². The minimum Gasteiger partial charge on any atom is -0.0843 e. The largest absolute Gasteiger partial charge is 0.0843 e. The molecule has 0 aromatic heterocycles. The van der Waals surface area contributed by atoms with Crippen molar-refractivity contribution >= 4 is 11.6 Å². The molecule has 1 spiro atoms. The van der Waals surface area contributed by atoms with Gasteiger partial charge in [0.15, 0.2) is 0 Å². The molecule has 0 nitrogen and oxygen atoms in total. The maximum atomic E-state index is 6.35. The summed E-state index contributed by atoms with van der Waals surface area (Å²) in [5, 5.41) is 0.788. The highest BCUT2D eigenvalue weighted by molar-refractivity contribution is 6.30. The van der Waals surface area contributed by atoms with E-state index in [2.05, 4.69) is 78.9 Å². The Morgan fingerprint density at radius 1 is 0.543 bits per heavy atom. The molecule has 4 saturated carbocycles. The Kier molecular flexibility index (Phi) is 4.27. The smallest absolute Gasteiger partial charge is 0.0412 e. The zero-order valence-electron chi connectivity index (χ0n) is 19.9. The lowest BCUT2D eigenvalue weighted by molar-refractivity contribution is -0.0397. The van der Waals surface area contributed by atoms with Crippen LogP contribution in [0.2, 0.25) is 5.02 Å². The van der Waals surface area contributed by atoms with Gasteiger partial charge >= 0.3 is 0 Å². The fourth-order valence-electron chi connectivity index (χ4n) is 8.99. The average Bonchev–Trinajstić information content (AvgIpc) is 3.18. The summed E-state index contributed by atoms with van der Waals surface area (Å²) in [6, 6.07) is 33.8. The first kappa shape index (κ1) is 20.4. The van der Waals surface area contributed by atoms with Crippen LogP contribution >= 0.6 is 11.6 Å². The van der Waals surface area contributed by atoms with Crippen molar-refractivity contribution in [2.45, 2.75) is 37.5 Å². The highest BCUT2D eigenvalue weighted by atomic mass is 35.5. The third-order valence-corrected chi connectivity index (χ3v) is 10.1. The topological polar surface area (TPSA) is 0 Å². The molecule has 5 aliphatic rings. The van der Waals surface area contributed by atoms with Gasteiger partial charge in [0.05, 0.1) is 0 Å². The van der Waals surface area contributed by atoms with Gasteiger partial charge in [0.25, 0.3) is 0 Å². The number of benzene rings is 4. The monoisotopic (exact) mass is 472 g/mol. The van der Waals surface area contributed by atoms with E-state index in [-0.39, 0.29) is 5.41 Å². The van der Waals surface area contributed by atoms with Crippen molar-refractivity contribution < 1.29 is 0 Å². The lowest BCUT2D eigenvalue weighted by Gasteiger charge is -2.61. The van der Waals surface area contributed by atoms with Crippen LogP contribution in [0.3, 0.4) is 0 Å². The van der Waals surface area contributed by atoms with Crippen LogP contribution in [0.15, 0.2) is 91.0 Å². The molecule has 0 N–H and O–H groups in total. The number of rotatable bonds is 2. The van der Waals surface area contributed by atoms with Crippen molar-refractivity contribution in [1.29, 1.82) is 0 Å². The summed E-state index contributed by atoms with van der Waals surface area (Å²) in [4.78, 5) is 0. The second kappa shape index (κ2) is 7.34. The Morgan fingerprint density at radius 2 is 1.14 bits per heavy atom. The molecule has 9 rings (SSSR count). The van der Waals surface area contributed by atoms with E-state index in [1.165, 1.54) is 65.5 Å². The molecule has 1 heteroatoms. The third-order valence-electron chi connectivity index (χ3n) is 9.90. The number of hydrogen-bond acceptors (Lipinski definition) is 0. The van der Waals surface area contributed by atoms with Gasteiger partial charge in [-0.3, -0.25) is 0 Å². The second-order valence-electron chi connectivity index (χ2n) is 11.5. The molecule has 0 saturated heterocycles. The fraction of sp³-hybridized carbons (Fsp3) is 0.294. The average molecular weight is 473 g/mol. The van der Waals surface area contributed by atoms with E-state index in [0.717, 1.165) is 28.7 Å². The lowest BCUT2D eigenvalue weighted by Crippen LogP contribution is -2.55. The van der Waals surface area contributed by atoms with Gasteiger partial charge in [-0.15, -0.1) is 0 Å². The van der Waals surface area contributed by atoms with Crippen LogP contribution < -0.4 is 0 Å². The second-order valence-corrected chi connectivity index (χ2v) is 12.0.